The third kappa shape index (κ3) is 4.19. The van der Waals surface area contributed by atoms with Gasteiger partial charge in [0.25, 0.3) is 0 Å². The highest BCUT2D eigenvalue weighted by Crippen LogP contribution is 2.13. The van der Waals surface area contributed by atoms with Crippen LogP contribution in [0.3, 0.4) is 0 Å². The number of rotatable bonds is 7. The van der Waals surface area contributed by atoms with Gasteiger partial charge in [0, 0.05) is 25.2 Å². The van der Waals surface area contributed by atoms with Gasteiger partial charge in [-0.05, 0) is 19.8 Å². The number of hydrogen-bond acceptors (Lipinski definition) is 4. The first-order valence-corrected chi connectivity index (χ1v) is 6.10. The minimum Gasteiger partial charge on any atom is -0.466 e. The lowest BCUT2D eigenvalue weighted by Crippen LogP contribution is -2.15. The predicted molar refractivity (Wildman–Crippen MR) is 65.3 cm³/mol. The van der Waals surface area contributed by atoms with E-state index in [2.05, 4.69) is 4.98 Å². The molecule has 5 heteroatoms. The zero-order valence-corrected chi connectivity index (χ0v) is 10.6. The average Bonchev–Trinajstić information content (AvgIpc) is 2.77. The van der Waals surface area contributed by atoms with Crippen molar-refractivity contribution >= 4 is 5.97 Å². The number of nitrogens with zero attached hydrogens (tertiary/aromatic N) is 2. The highest BCUT2D eigenvalue weighted by molar-refractivity contribution is 5.69. The molecule has 0 aliphatic carbocycles. The molecule has 0 fully saturated rings. The average molecular weight is 239 g/mol. The van der Waals surface area contributed by atoms with Crippen LogP contribution in [0.4, 0.5) is 0 Å². The zero-order valence-electron chi connectivity index (χ0n) is 10.6. The van der Waals surface area contributed by atoms with Crippen molar-refractivity contribution in [2.45, 2.75) is 45.7 Å². The lowest BCUT2D eigenvalue weighted by molar-refractivity contribution is -0.143. The van der Waals surface area contributed by atoms with Gasteiger partial charge in [0.1, 0.15) is 0 Å². The van der Waals surface area contributed by atoms with Crippen LogP contribution in [0.5, 0.6) is 0 Å². The predicted octanol–water partition coefficient (Wildman–Crippen LogP) is 1.64. The lowest BCUT2D eigenvalue weighted by Gasteiger charge is -2.12. The Hall–Kier alpha value is -1.36. The highest BCUT2D eigenvalue weighted by atomic mass is 16.5. The van der Waals surface area contributed by atoms with Crippen molar-refractivity contribution in [2.75, 3.05) is 6.61 Å². The van der Waals surface area contributed by atoms with E-state index in [0.717, 1.165) is 25.1 Å². The van der Waals surface area contributed by atoms with Gasteiger partial charge in [-0.1, -0.05) is 6.92 Å². The molecule has 0 aromatic carbocycles. The van der Waals surface area contributed by atoms with Crippen LogP contribution >= 0.6 is 0 Å². The van der Waals surface area contributed by atoms with Crippen LogP contribution < -0.4 is 5.73 Å². The first-order valence-electron chi connectivity index (χ1n) is 6.10. The van der Waals surface area contributed by atoms with Crippen LogP contribution in [-0.4, -0.2) is 22.1 Å². The van der Waals surface area contributed by atoms with E-state index < -0.39 is 0 Å². The Balaban J connectivity index is 2.41. The normalized spacial score (nSPS) is 12.4. The molecule has 1 atom stereocenters. The quantitative estimate of drug-likeness (QED) is 0.734. The number of aromatic nitrogens is 2. The summed E-state index contributed by atoms with van der Waals surface area (Å²) in [4.78, 5) is 15.3. The topological polar surface area (TPSA) is 70.1 Å². The van der Waals surface area contributed by atoms with Crippen molar-refractivity contribution in [3.8, 4) is 0 Å². The van der Waals surface area contributed by atoms with Gasteiger partial charge in [0.15, 0.2) is 0 Å². The van der Waals surface area contributed by atoms with Crippen LogP contribution in [0.1, 0.15) is 44.8 Å². The fraction of sp³-hybridized carbons (Fsp3) is 0.667. The minimum absolute atomic E-state index is 0.0140. The Morgan fingerprint density at radius 1 is 1.59 bits per heavy atom. The number of hydrogen-bond donors (Lipinski definition) is 1. The molecule has 0 spiro atoms. The van der Waals surface area contributed by atoms with Gasteiger partial charge in [-0.3, -0.25) is 4.79 Å². The van der Waals surface area contributed by atoms with E-state index in [-0.39, 0.29) is 12.0 Å². The van der Waals surface area contributed by atoms with Gasteiger partial charge in [-0.15, -0.1) is 0 Å². The summed E-state index contributed by atoms with van der Waals surface area (Å²) in [5.74, 6) is -0.144. The summed E-state index contributed by atoms with van der Waals surface area (Å²) in [6.45, 7) is 5.05. The molecule has 0 aliphatic rings. The molecule has 0 unspecified atom stereocenters. The van der Waals surface area contributed by atoms with E-state index in [0.29, 0.717) is 13.0 Å². The van der Waals surface area contributed by atoms with Crippen molar-refractivity contribution in [2.24, 2.45) is 5.73 Å². The second-order valence-electron chi connectivity index (χ2n) is 3.94. The molecular formula is C12H21N3O2. The van der Waals surface area contributed by atoms with Gasteiger partial charge in [0.05, 0.1) is 18.6 Å². The first-order chi connectivity index (χ1) is 8.19. The van der Waals surface area contributed by atoms with Gasteiger partial charge in [-0.2, -0.15) is 0 Å². The van der Waals surface area contributed by atoms with E-state index in [4.69, 9.17) is 10.5 Å². The van der Waals surface area contributed by atoms with E-state index in [1.54, 1.807) is 12.5 Å². The Morgan fingerprint density at radius 3 is 3.00 bits per heavy atom. The molecule has 1 aromatic rings. The molecule has 0 amide bonds. The maximum absolute atomic E-state index is 11.2. The smallest absolute Gasteiger partial charge is 0.305 e. The second kappa shape index (κ2) is 7.06. The molecule has 0 bridgehead atoms. The van der Waals surface area contributed by atoms with Crippen LogP contribution in [0, 0.1) is 0 Å². The van der Waals surface area contributed by atoms with E-state index in [9.17, 15) is 4.79 Å². The van der Waals surface area contributed by atoms with Gasteiger partial charge < -0.3 is 15.0 Å². The van der Waals surface area contributed by atoms with Crippen LogP contribution in [0.25, 0.3) is 0 Å². The Bertz CT molecular complexity index is 349. The zero-order chi connectivity index (χ0) is 12.7. The molecule has 1 aromatic heterocycles. The van der Waals surface area contributed by atoms with Crippen molar-refractivity contribution in [1.82, 2.24) is 9.55 Å². The molecule has 5 nitrogen and oxygen atoms in total. The summed E-state index contributed by atoms with van der Waals surface area (Å²) >= 11 is 0. The number of nitrogens with two attached hydrogens (primary N) is 1. The molecule has 0 saturated heterocycles. The number of esters is 1. The summed E-state index contributed by atoms with van der Waals surface area (Å²) in [5, 5.41) is 0. The summed E-state index contributed by atoms with van der Waals surface area (Å²) in [7, 11) is 0. The summed E-state index contributed by atoms with van der Waals surface area (Å²) < 4.78 is 6.88. The third-order valence-corrected chi connectivity index (χ3v) is 2.65. The SMILES string of the molecule is CCOC(=O)CCCn1cncc1[C@H](N)CC. The molecule has 96 valence electrons. The fourth-order valence-corrected chi connectivity index (χ4v) is 1.66. The highest BCUT2D eigenvalue weighted by Gasteiger charge is 2.09. The monoisotopic (exact) mass is 239 g/mol. The second-order valence-corrected chi connectivity index (χ2v) is 3.94. The largest absolute Gasteiger partial charge is 0.466 e. The molecule has 0 aliphatic heterocycles. The van der Waals surface area contributed by atoms with Gasteiger partial charge in [0.2, 0.25) is 0 Å². The molecule has 17 heavy (non-hydrogen) atoms. The maximum atomic E-state index is 11.2. The number of carbonyl (C=O) groups excluding carboxylic acids is 1. The van der Waals surface area contributed by atoms with E-state index >= 15 is 0 Å². The van der Waals surface area contributed by atoms with E-state index in [1.807, 2.05) is 18.4 Å². The van der Waals surface area contributed by atoms with Crippen LogP contribution in [-0.2, 0) is 16.1 Å². The van der Waals surface area contributed by atoms with Gasteiger partial charge in [-0.25, -0.2) is 4.98 Å². The number of aryl methyl sites for hydroxylation is 1. The van der Waals surface area contributed by atoms with Crippen molar-refractivity contribution in [3.63, 3.8) is 0 Å². The Labute approximate surface area is 102 Å². The number of ether oxygens (including phenoxy) is 1. The molecule has 2 N–H and O–H groups in total. The molecule has 1 rings (SSSR count). The van der Waals surface area contributed by atoms with Gasteiger partial charge >= 0.3 is 5.97 Å². The summed E-state index contributed by atoms with van der Waals surface area (Å²) in [6.07, 6.45) is 5.61. The Morgan fingerprint density at radius 2 is 2.35 bits per heavy atom. The molecule has 0 radical (unpaired) electrons. The first kappa shape index (κ1) is 13.7. The molecule has 0 saturated carbocycles. The lowest BCUT2D eigenvalue weighted by atomic mass is 10.2. The summed E-state index contributed by atoms with van der Waals surface area (Å²) in [6, 6.07) is 0.0140. The third-order valence-electron chi connectivity index (χ3n) is 2.65. The minimum atomic E-state index is -0.144. The number of imidazole rings is 1. The maximum Gasteiger partial charge on any atom is 0.305 e. The van der Waals surface area contributed by atoms with Crippen LogP contribution in [0.2, 0.25) is 0 Å². The summed E-state index contributed by atoms with van der Waals surface area (Å²) in [5.41, 5.74) is 6.99. The Kier molecular flexibility index (Phi) is 5.69. The number of carbonyl (C=O) groups is 1. The van der Waals surface area contributed by atoms with Crippen LogP contribution in [0.15, 0.2) is 12.5 Å². The van der Waals surface area contributed by atoms with E-state index in [1.165, 1.54) is 0 Å². The molecular weight excluding hydrogens is 218 g/mol. The van der Waals surface area contributed by atoms with Crippen molar-refractivity contribution in [1.29, 1.82) is 0 Å². The molecule has 1 heterocycles. The van der Waals surface area contributed by atoms with Crippen molar-refractivity contribution in [3.05, 3.63) is 18.2 Å². The standard InChI is InChI=1S/C12H21N3O2/c1-3-10(13)11-8-14-9-15(11)7-5-6-12(16)17-4-2/h8-10H,3-7,13H2,1-2H3/t10-/m1/s1. The van der Waals surface area contributed by atoms with Crippen molar-refractivity contribution < 1.29 is 9.53 Å². The fourth-order valence-electron chi connectivity index (χ4n) is 1.66.